The van der Waals surface area contributed by atoms with Crippen LogP contribution in [0.25, 0.3) is 0 Å². The van der Waals surface area contributed by atoms with Crippen LogP contribution in [0.2, 0.25) is 0 Å². The first-order valence-electron chi connectivity index (χ1n) is 5.05. The van der Waals surface area contributed by atoms with E-state index in [4.69, 9.17) is 10.00 Å². The second-order valence-corrected chi connectivity index (χ2v) is 3.90. The smallest absolute Gasteiger partial charge is 0.310 e. The molecule has 0 amide bonds. The molecule has 3 nitrogen and oxygen atoms in total. The van der Waals surface area contributed by atoms with Crippen molar-refractivity contribution in [3.63, 3.8) is 0 Å². The fraction of sp³-hybridized carbons (Fsp3) is 0.333. The molecule has 0 bridgehead atoms. The van der Waals surface area contributed by atoms with E-state index in [-0.39, 0.29) is 24.2 Å². The van der Waals surface area contributed by atoms with Gasteiger partial charge in [0.15, 0.2) is 0 Å². The summed E-state index contributed by atoms with van der Waals surface area (Å²) >= 11 is 3.23. The van der Waals surface area contributed by atoms with E-state index < -0.39 is 11.8 Å². The van der Waals surface area contributed by atoms with Crippen LogP contribution >= 0.6 is 15.9 Å². The SMILES string of the molecule is CCOC(=O)Cc1cc(CBr)cc(C#N)c1F. The van der Waals surface area contributed by atoms with E-state index in [1.54, 1.807) is 19.1 Å². The van der Waals surface area contributed by atoms with Gasteiger partial charge in [0.1, 0.15) is 11.9 Å². The van der Waals surface area contributed by atoms with Crippen molar-refractivity contribution in [2.45, 2.75) is 18.7 Å². The first-order valence-corrected chi connectivity index (χ1v) is 6.17. The summed E-state index contributed by atoms with van der Waals surface area (Å²) in [4.78, 5) is 11.3. The highest BCUT2D eigenvalue weighted by atomic mass is 79.9. The Labute approximate surface area is 107 Å². The summed E-state index contributed by atoms with van der Waals surface area (Å²) in [5.41, 5.74) is 0.889. The van der Waals surface area contributed by atoms with E-state index >= 15 is 0 Å². The molecule has 0 fully saturated rings. The summed E-state index contributed by atoms with van der Waals surface area (Å²) in [6, 6.07) is 4.78. The molecule has 0 saturated carbocycles. The van der Waals surface area contributed by atoms with Gasteiger partial charge in [-0.25, -0.2) is 4.39 Å². The van der Waals surface area contributed by atoms with Crippen LogP contribution in [0, 0.1) is 17.1 Å². The Morgan fingerprint density at radius 3 is 2.82 bits per heavy atom. The van der Waals surface area contributed by atoms with Crippen LogP contribution in [0.5, 0.6) is 0 Å². The van der Waals surface area contributed by atoms with Gasteiger partial charge in [-0.1, -0.05) is 22.0 Å². The van der Waals surface area contributed by atoms with Crippen LogP contribution in [-0.2, 0) is 21.3 Å². The fourth-order valence-corrected chi connectivity index (χ4v) is 1.73. The standard InChI is InChI=1S/C12H11BrFNO2/c1-2-17-11(16)5-9-3-8(6-13)4-10(7-15)12(9)14/h3-4H,2,5-6H2,1H3. The van der Waals surface area contributed by atoms with Gasteiger partial charge in [-0.2, -0.15) is 5.26 Å². The van der Waals surface area contributed by atoms with Crippen LogP contribution in [0.1, 0.15) is 23.6 Å². The lowest BCUT2D eigenvalue weighted by molar-refractivity contribution is -0.142. The van der Waals surface area contributed by atoms with Crippen LogP contribution in [-0.4, -0.2) is 12.6 Å². The number of nitriles is 1. The van der Waals surface area contributed by atoms with E-state index in [1.807, 2.05) is 0 Å². The van der Waals surface area contributed by atoms with Crippen molar-refractivity contribution in [2.24, 2.45) is 0 Å². The quantitative estimate of drug-likeness (QED) is 0.634. The third kappa shape index (κ3) is 3.53. The molecule has 0 N–H and O–H groups in total. The van der Waals surface area contributed by atoms with Crippen molar-refractivity contribution in [1.82, 2.24) is 0 Å². The highest BCUT2D eigenvalue weighted by Gasteiger charge is 2.14. The van der Waals surface area contributed by atoms with Gasteiger partial charge in [0.05, 0.1) is 18.6 Å². The summed E-state index contributed by atoms with van der Waals surface area (Å²) in [7, 11) is 0. The molecule has 0 heterocycles. The molecule has 0 atom stereocenters. The number of ether oxygens (including phenoxy) is 1. The molecule has 0 aromatic heterocycles. The van der Waals surface area contributed by atoms with Gasteiger partial charge in [-0.15, -0.1) is 0 Å². The van der Waals surface area contributed by atoms with Crippen molar-refractivity contribution in [3.8, 4) is 6.07 Å². The zero-order chi connectivity index (χ0) is 12.8. The van der Waals surface area contributed by atoms with Crippen molar-refractivity contribution in [1.29, 1.82) is 5.26 Å². The normalized spacial score (nSPS) is 9.76. The summed E-state index contributed by atoms with van der Waals surface area (Å²) in [5, 5.41) is 9.28. The highest BCUT2D eigenvalue weighted by molar-refractivity contribution is 9.08. The number of nitrogens with zero attached hydrogens (tertiary/aromatic N) is 1. The largest absolute Gasteiger partial charge is 0.466 e. The maximum absolute atomic E-state index is 13.7. The maximum Gasteiger partial charge on any atom is 0.310 e. The van der Waals surface area contributed by atoms with Crippen molar-refractivity contribution in [2.75, 3.05) is 6.61 Å². The monoisotopic (exact) mass is 299 g/mol. The first-order chi connectivity index (χ1) is 8.12. The average Bonchev–Trinajstić information content (AvgIpc) is 2.32. The summed E-state index contributed by atoms with van der Waals surface area (Å²) < 4.78 is 18.5. The van der Waals surface area contributed by atoms with Gasteiger partial charge in [0, 0.05) is 10.9 Å². The number of carbonyl (C=O) groups is 1. The van der Waals surface area contributed by atoms with Crippen molar-refractivity contribution >= 4 is 21.9 Å². The second kappa shape index (κ2) is 6.36. The Morgan fingerprint density at radius 1 is 1.59 bits per heavy atom. The Hall–Kier alpha value is -1.41. The van der Waals surface area contributed by atoms with Crippen LogP contribution in [0.15, 0.2) is 12.1 Å². The third-order valence-corrected chi connectivity index (χ3v) is 2.77. The number of carbonyl (C=O) groups excluding carboxylic acids is 1. The first kappa shape index (κ1) is 13.7. The molecule has 90 valence electrons. The number of alkyl halides is 1. The van der Waals surface area contributed by atoms with E-state index in [0.717, 1.165) is 5.56 Å². The molecule has 0 spiro atoms. The lowest BCUT2D eigenvalue weighted by Crippen LogP contribution is -2.10. The molecular formula is C12H11BrFNO2. The molecular weight excluding hydrogens is 289 g/mol. The van der Waals surface area contributed by atoms with Gasteiger partial charge < -0.3 is 4.74 Å². The van der Waals surface area contributed by atoms with Crippen LogP contribution in [0.4, 0.5) is 4.39 Å². The molecule has 17 heavy (non-hydrogen) atoms. The van der Waals surface area contributed by atoms with Gasteiger partial charge in [-0.3, -0.25) is 4.79 Å². The lowest BCUT2D eigenvalue weighted by atomic mass is 10.0. The van der Waals surface area contributed by atoms with Crippen LogP contribution in [0.3, 0.4) is 0 Å². The predicted octanol–water partition coefficient (Wildman–Crippen LogP) is 2.70. The van der Waals surface area contributed by atoms with E-state index in [1.165, 1.54) is 6.07 Å². The number of benzene rings is 1. The number of esters is 1. The predicted molar refractivity (Wildman–Crippen MR) is 64.1 cm³/mol. The Kier molecular flexibility index (Phi) is 5.11. The Morgan fingerprint density at radius 2 is 2.29 bits per heavy atom. The third-order valence-electron chi connectivity index (χ3n) is 2.12. The lowest BCUT2D eigenvalue weighted by Gasteiger charge is -2.07. The van der Waals surface area contributed by atoms with E-state index in [0.29, 0.717) is 5.33 Å². The Bertz CT molecular complexity index is 468. The topological polar surface area (TPSA) is 50.1 Å². The number of rotatable bonds is 4. The minimum absolute atomic E-state index is 0.0544. The summed E-state index contributed by atoms with van der Waals surface area (Å²) in [6.07, 6.45) is -0.158. The molecule has 0 unspecified atom stereocenters. The molecule has 0 aliphatic carbocycles. The van der Waals surface area contributed by atoms with Gasteiger partial charge in [-0.05, 0) is 18.6 Å². The molecule has 5 heteroatoms. The number of hydrogen-bond acceptors (Lipinski definition) is 3. The van der Waals surface area contributed by atoms with Crippen molar-refractivity contribution in [3.05, 3.63) is 34.6 Å². The van der Waals surface area contributed by atoms with Gasteiger partial charge in [0.2, 0.25) is 0 Å². The van der Waals surface area contributed by atoms with E-state index in [9.17, 15) is 9.18 Å². The van der Waals surface area contributed by atoms with E-state index in [2.05, 4.69) is 15.9 Å². The molecule has 1 rings (SSSR count). The highest BCUT2D eigenvalue weighted by Crippen LogP contribution is 2.18. The molecule has 0 aliphatic rings. The zero-order valence-electron chi connectivity index (χ0n) is 9.30. The maximum atomic E-state index is 13.7. The molecule has 1 aromatic carbocycles. The second-order valence-electron chi connectivity index (χ2n) is 3.34. The molecule has 0 saturated heterocycles. The van der Waals surface area contributed by atoms with Crippen LogP contribution < -0.4 is 0 Å². The minimum atomic E-state index is -0.648. The van der Waals surface area contributed by atoms with Gasteiger partial charge >= 0.3 is 5.97 Å². The fourth-order valence-electron chi connectivity index (χ4n) is 1.41. The van der Waals surface area contributed by atoms with Gasteiger partial charge in [0.25, 0.3) is 0 Å². The average molecular weight is 300 g/mol. The summed E-state index contributed by atoms with van der Waals surface area (Å²) in [6.45, 7) is 1.94. The van der Waals surface area contributed by atoms with Crippen molar-refractivity contribution < 1.29 is 13.9 Å². The summed E-state index contributed by atoms with van der Waals surface area (Å²) in [5.74, 6) is -1.15. The zero-order valence-corrected chi connectivity index (χ0v) is 10.9. The molecule has 0 aliphatic heterocycles. The molecule has 1 aromatic rings. The number of halogens is 2. The minimum Gasteiger partial charge on any atom is -0.466 e. The Balaban J connectivity index is 3.06. The number of hydrogen-bond donors (Lipinski definition) is 0. The molecule has 0 radical (unpaired) electrons.